The SMILES string of the molecule is Nc1cc(C2CCCNC2)ccc1Br. The van der Waals surface area contributed by atoms with E-state index >= 15 is 0 Å². The van der Waals surface area contributed by atoms with Gasteiger partial charge in [-0.1, -0.05) is 6.07 Å². The molecule has 0 spiro atoms. The minimum atomic E-state index is 0.638. The molecule has 0 radical (unpaired) electrons. The normalized spacial score (nSPS) is 22.2. The predicted molar refractivity (Wildman–Crippen MR) is 63.4 cm³/mol. The summed E-state index contributed by atoms with van der Waals surface area (Å²) in [4.78, 5) is 0. The Morgan fingerprint density at radius 2 is 2.29 bits per heavy atom. The van der Waals surface area contributed by atoms with Gasteiger partial charge in [0.2, 0.25) is 0 Å². The highest BCUT2D eigenvalue weighted by Crippen LogP contribution is 2.28. The zero-order valence-electron chi connectivity index (χ0n) is 8.09. The number of nitrogens with two attached hydrogens (primary N) is 1. The topological polar surface area (TPSA) is 38.0 Å². The summed E-state index contributed by atoms with van der Waals surface area (Å²) in [5.74, 6) is 0.638. The Kier molecular flexibility index (Phi) is 3.08. The van der Waals surface area contributed by atoms with Crippen LogP contribution in [0.2, 0.25) is 0 Å². The van der Waals surface area contributed by atoms with Crippen molar-refractivity contribution in [2.75, 3.05) is 18.8 Å². The molecule has 1 aromatic carbocycles. The molecule has 1 fully saturated rings. The van der Waals surface area contributed by atoms with E-state index in [1.54, 1.807) is 0 Å². The van der Waals surface area contributed by atoms with Crippen molar-refractivity contribution < 1.29 is 0 Å². The smallest absolute Gasteiger partial charge is 0.0461 e. The van der Waals surface area contributed by atoms with Gasteiger partial charge in [-0.25, -0.2) is 0 Å². The third-order valence-corrected chi connectivity index (χ3v) is 3.51. The van der Waals surface area contributed by atoms with Crippen LogP contribution in [0.5, 0.6) is 0 Å². The van der Waals surface area contributed by atoms with Crippen molar-refractivity contribution in [1.82, 2.24) is 5.32 Å². The average Bonchev–Trinajstić information content (AvgIpc) is 2.23. The minimum absolute atomic E-state index is 0.638. The van der Waals surface area contributed by atoms with Gasteiger partial charge in [0.05, 0.1) is 0 Å². The highest BCUT2D eigenvalue weighted by Gasteiger charge is 2.15. The first-order valence-corrected chi connectivity index (χ1v) is 5.82. The van der Waals surface area contributed by atoms with Crippen LogP contribution >= 0.6 is 15.9 Å². The summed E-state index contributed by atoms with van der Waals surface area (Å²) in [6.45, 7) is 2.24. The third kappa shape index (κ3) is 2.10. The standard InChI is InChI=1S/C11H15BrN2/c12-10-4-3-8(6-11(10)13)9-2-1-5-14-7-9/h3-4,6,9,14H,1-2,5,7,13H2. The molecule has 1 aliphatic rings. The first kappa shape index (κ1) is 9.99. The van der Waals surface area contributed by atoms with Gasteiger partial charge >= 0.3 is 0 Å². The molecule has 1 aliphatic heterocycles. The van der Waals surface area contributed by atoms with Crippen LogP contribution in [0.4, 0.5) is 5.69 Å². The Balaban J connectivity index is 2.18. The van der Waals surface area contributed by atoms with Crippen molar-refractivity contribution in [2.24, 2.45) is 0 Å². The Morgan fingerprint density at radius 3 is 2.93 bits per heavy atom. The largest absolute Gasteiger partial charge is 0.398 e. The minimum Gasteiger partial charge on any atom is -0.398 e. The number of nitrogen functional groups attached to an aromatic ring is 1. The van der Waals surface area contributed by atoms with Crippen LogP contribution in [0.3, 0.4) is 0 Å². The number of halogens is 1. The monoisotopic (exact) mass is 254 g/mol. The molecule has 1 atom stereocenters. The average molecular weight is 255 g/mol. The number of benzene rings is 1. The van der Waals surface area contributed by atoms with Crippen molar-refractivity contribution in [3.63, 3.8) is 0 Å². The highest BCUT2D eigenvalue weighted by molar-refractivity contribution is 9.10. The number of rotatable bonds is 1. The fraction of sp³-hybridized carbons (Fsp3) is 0.455. The second-order valence-corrected chi connectivity index (χ2v) is 4.68. The van der Waals surface area contributed by atoms with Crippen molar-refractivity contribution in [2.45, 2.75) is 18.8 Å². The summed E-state index contributed by atoms with van der Waals surface area (Å²) in [6.07, 6.45) is 2.54. The lowest BCUT2D eigenvalue weighted by molar-refractivity contribution is 0.462. The second-order valence-electron chi connectivity index (χ2n) is 3.82. The molecule has 0 amide bonds. The van der Waals surface area contributed by atoms with Gasteiger partial charge in [0.1, 0.15) is 0 Å². The molecule has 76 valence electrons. The molecule has 1 unspecified atom stereocenters. The molecular formula is C11H15BrN2. The van der Waals surface area contributed by atoms with Gasteiger partial charge in [-0.05, 0) is 58.9 Å². The Labute approximate surface area is 93.0 Å². The van der Waals surface area contributed by atoms with Gasteiger partial charge in [-0.15, -0.1) is 0 Å². The van der Waals surface area contributed by atoms with Crippen molar-refractivity contribution in [3.8, 4) is 0 Å². The molecule has 1 saturated heterocycles. The van der Waals surface area contributed by atoms with E-state index < -0.39 is 0 Å². The first-order chi connectivity index (χ1) is 6.77. The number of nitrogens with one attached hydrogen (secondary N) is 1. The maximum Gasteiger partial charge on any atom is 0.0461 e. The lowest BCUT2D eigenvalue weighted by Gasteiger charge is -2.23. The van der Waals surface area contributed by atoms with Crippen LogP contribution in [-0.4, -0.2) is 13.1 Å². The number of anilines is 1. The molecule has 0 saturated carbocycles. The number of piperidine rings is 1. The zero-order valence-corrected chi connectivity index (χ0v) is 9.68. The van der Waals surface area contributed by atoms with E-state index in [1.165, 1.54) is 18.4 Å². The molecular weight excluding hydrogens is 240 g/mol. The zero-order chi connectivity index (χ0) is 9.97. The van der Waals surface area contributed by atoms with Crippen LogP contribution in [-0.2, 0) is 0 Å². The lowest BCUT2D eigenvalue weighted by atomic mass is 9.91. The van der Waals surface area contributed by atoms with E-state index in [1.807, 2.05) is 6.07 Å². The van der Waals surface area contributed by atoms with Crippen molar-refractivity contribution in [3.05, 3.63) is 28.2 Å². The summed E-state index contributed by atoms with van der Waals surface area (Å²) in [6, 6.07) is 6.29. The van der Waals surface area contributed by atoms with Crippen molar-refractivity contribution in [1.29, 1.82) is 0 Å². The molecule has 0 bridgehead atoms. The van der Waals surface area contributed by atoms with Gasteiger partial charge in [0.15, 0.2) is 0 Å². The molecule has 0 aliphatic carbocycles. The fourth-order valence-electron chi connectivity index (χ4n) is 1.95. The Hall–Kier alpha value is -0.540. The van der Waals surface area contributed by atoms with Gasteiger partial charge in [-0.2, -0.15) is 0 Å². The van der Waals surface area contributed by atoms with Crippen LogP contribution in [0, 0.1) is 0 Å². The van der Waals surface area contributed by atoms with E-state index in [0.29, 0.717) is 5.92 Å². The van der Waals surface area contributed by atoms with Gasteiger partial charge < -0.3 is 11.1 Å². The predicted octanol–water partition coefficient (Wildman–Crippen LogP) is 2.50. The van der Waals surface area contributed by atoms with E-state index in [-0.39, 0.29) is 0 Å². The molecule has 1 aromatic rings. The quantitative estimate of drug-likeness (QED) is 0.756. The van der Waals surface area contributed by atoms with E-state index in [0.717, 1.165) is 23.2 Å². The summed E-state index contributed by atoms with van der Waals surface area (Å²) in [5.41, 5.74) is 8.06. The molecule has 2 nitrogen and oxygen atoms in total. The fourth-order valence-corrected chi connectivity index (χ4v) is 2.20. The lowest BCUT2D eigenvalue weighted by Crippen LogP contribution is -2.28. The molecule has 3 heteroatoms. The van der Waals surface area contributed by atoms with E-state index in [4.69, 9.17) is 5.73 Å². The van der Waals surface area contributed by atoms with Crippen LogP contribution in [0.15, 0.2) is 22.7 Å². The molecule has 2 rings (SSSR count). The van der Waals surface area contributed by atoms with E-state index in [9.17, 15) is 0 Å². The second kappa shape index (κ2) is 4.32. The summed E-state index contributed by atoms with van der Waals surface area (Å²) >= 11 is 3.41. The molecule has 3 N–H and O–H groups in total. The first-order valence-electron chi connectivity index (χ1n) is 5.03. The molecule has 14 heavy (non-hydrogen) atoms. The number of hydrogen-bond donors (Lipinski definition) is 2. The van der Waals surface area contributed by atoms with Gasteiger partial charge in [0, 0.05) is 16.7 Å². The Bertz CT molecular complexity index is 319. The maximum atomic E-state index is 5.86. The van der Waals surface area contributed by atoms with Gasteiger partial charge in [-0.3, -0.25) is 0 Å². The summed E-state index contributed by atoms with van der Waals surface area (Å²) in [7, 11) is 0. The number of hydrogen-bond acceptors (Lipinski definition) is 2. The Morgan fingerprint density at radius 1 is 1.43 bits per heavy atom. The van der Waals surface area contributed by atoms with E-state index in [2.05, 4.69) is 33.4 Å². The maximum absolute atomic E-state index is 5.86. The van der Waals surface area contributed by atoms with Crippen molar-refractivity contribution >= 4 is 21.6 Å². The molecule has 0 aromatic heterocycles. The molecule has 1 heterocycles. The van der Waals surface area contributed by atoms with Gasteiger partial charge in [0.25, 0.3) is 0 Å². The third-order valence-electron chi connectivity index (χ3n) is 2.79. The van der Waals surface area contributed by atoms with Crippen LogP contribution in [0.1, 0.15) is 24.3 Å². The summed E-state index contributed by atoms with van der Waals surface area (Å²) < 4.78 is 0.991. The van der Waals surface area contributed by atoms with Crippen LogP contribution in [0.25, 0.3) is 0 Å². The highest BCUT2D eigenvalue weighted by atomic mass is 79.9. The summed E-state index contributed by atoms with van der Waals surface area (Å²) in [5, 5.41) is 3.41. The van der Waals surface area contributed by atoms with Crippen LogP contribution < -0.4 is 11.1 Å².